The largest absolute Gasteiger partial charge is 0.494 e. The first-order valence-electron chi connectivity index (χ1n) is 8.56. The van der Waals surface area contributed by atoms with Crippen molar-refractivity contribution in [2.45, 2.75) is 6.18 Å². The molecule has 29 heavy (non-hydrogen) atoms. The smallest absolute Gasteiger partial charge is 0.416 e. The highest BCUT2D eigenvalue weighted by Crippen LogP contribution is 2.38. The molecule has 0 unspecified atom stereocenters. The Labute approximate surface area is 165 Å². The second kappa shape index (κ2) is 8.14. The average Bonchev–Trinajstić information content (AvgIpc) is 2.69. The number of nitrogens with zero attached hydrogens (tertiary/aromatic N) is 1. The topological polar surface area (TPSA) is 67.6 Å². The van der Waals surface area contributed by atoms with Crippen LogP contribution in [0.1, 0.15) is 5.56 Å². The van der Waals surface area contributed by atoms with Crippen LogP contribution in [0.5, 0.6) is 5.75 Å². The zero-order valence-corrected chi connectivity index (χ0v) is 15.4. The molecular weight excluding hydrogens is 383 g/mol. The van der Waals surface area contributed by atoms with E-state index in [4.69, 9.17) is 10.5 Å². The van der Waals surface area contributed by atoms with Crippen molar-refractivity contribution in [2.24, 2.45) is 5.73 Å². The van der Waals surface area contributed by atoms with E-state index in [1.54, 1.807) is 18.2 Å². The molecule has 0 fully saturated rings. The first-order valence-corrected chi connectivity index (χ1v) is 8.56. The van der Waals surface area contributed by atoms with Crippen LogP contribution in [-0.2, 0) is 6.18 Å². The summed E-state index contributed by atoms with van der Waals surface area (Å²) in [5.74, 6) is 0.266. The molecule has 0 radical (unpaired) electrons. The fourth-order valence-corrected chi connectivity index (χ4v) is 2.83. The molecule has 0 aromatic heterocycles. The van der Waals surface area contributed by atoms with Crippen LogP contribution in [0.4, 0.5) is 40.7 Å². The van der Waals surface area contributed by atoms with Gasteiger partial charge in [0, 0.05) is 17.4 Å². The minimum Gasteiger partial charge on any atom is -0.494 e. The van der Waals surface area contributed by atoms with Gasteiger partial charge < -0.3 is 15.8 Å². The Hall–Kier alpha value is -3.68. The summed E-state index contributed by atoms with van der Waals surface area (Å²) in [5.41, 5.74) is 6.31. The summed E-state index contributed by atoms with van der Waals surface area (Å²) in [6.45, 7) is 0. The molecule has 5 nitrogen and oxygen atoms in total. The lowest BCUT2D eigenvalue weighted by Crippen LogP contribution is -2.32. The van der Waals surface area contributed by atoms with Gasteiger partial charge in [0.1, 0.15) is 5.75 Å². The van der Waals surface area contributed by atoms with Gasteiger partial charge in [-0.3, -0.25) is 4.90 Å². The van der Waals surface area contributed by atoms with Crippen LogP contribution in [-0.4, -0.2) is 13.1 Å². The van der Waals surface area contributed by atoms with Crippen LogP contribution in [0, 0.1) is 0 Å². The number of hydrogen-bond donors (Lipinski definition) is 2. The van der Waals surface area contributed by atoms with E-state index in [1.165, 1.54) is 19.2 Å². The number of nitrogens with two attached hydrogens (primary N) is 1. The maximum Gasteiger partial charge on any atom is 0.416 e. The van der Waals surface area contributed by atoms with Gasteiger partial charge in [-0.15, -0.1) is 0 Å². The Morgan fingerprint density at radius 1 is 0.966 bits per heavy atom. The van der Waals surface area contributed by atoms with Gasteiger partial charge in [-0.1, -0.05) is 24.3 Å². The summed E-state index contributed by atoms with van der Waals surface area (Å²) < 4.78 is 44.6. The van der Waals surface area contributed by atoms with Crippen molar-refractivity contribution in [2.75, 3.05) is 17.3 Å². The third-order valence-electron chi connectivity index (χ3n) is 4.14. The summed E-state index contributed by atoms with van der Waals surface area (Å²) in [6.07, 6.45) is -4.55. The molecule has 3 rings (SSSR count). The Morgan fingerprint density at radius 3 is 2.31 bits per heavy atom. The fourth-order valence-electron chi connectivity index (χ4n) is 2.83. The number of primary amides is 1. The van der Waals surface area contributed by atoms with Crippen LogP contribution >= 0.6 is 0 Å². The number of urea groups is 1. The van der Waals surface area contributed by atoms with Crippen molar-refractivity contribution in [3.63, 3.8) is 0 Å². The van der Waals surface area contributed by atoms with E-state index in [9.17, 15) is 18.0 Å². The number of rotatable bonds is 5. The van der Waals surface area contributed by atoms with E-state index < -0.39 is 17.8 Å². The molecule has 150 valence electrons. The number of ether oxygens (including phenoxy) is 1. The molecular formula is C21H18F3N3O2. The summed E-state index contributed by atoms with van der Waals surface area (Å²) in [6, 6.07) is 17.7. The SMILES string of the molecule is COc1cc(Nc2ccccc2)ccc1N(C(N)=O)c1cccc(C(F)(F)F)c1. The van der Waals surface area contributed by atoms with Gasteiger partial charge in [-0.2, -0.15) is 13.2 Å². The highest BCUT2D eigenvalue weighted by Gasteiger charge is 2.31. The first-order chi connectivity index (χ1) is 13.8. The number of nitrogens with one attached hydrogen (secondary N) is 1. The van der Waals surface area contributed by atoms with E-state index >= 15 is 0 Å². The highest BCUT2D eigenvalue weighted by atomic mass is 19.4. The van der Waals surface area contributed by atoms with Crippen molar-refractivity contribution >= 4 is 28.8 Å². The third-order valence-corrected chi connectivity index (χ3v) is 4.14. The molecule has 8 heteroatoms. The van der Waals surface area contributed by atoms with Gasteiger partial charge in [0.15, 0.2) is 0 Å². The molecule has 3 N–H and O–H groups in total. The van der Waals surface area contributed by atoms with E-state index in [-0.39, 0.29) is 17.1 Å². The lowest BCUT2D eigenvalue weighted by Gasteiger charge is -2.24. The number of hydrogen-bond acceptors (Lipinski definition) is 3. The average molecular weight is 401 g/mol. The lowest BCUT2D eigenvalue weighted by atomic mass is 10.1. The van der Waals surface area contributed by atoms with Crippen LogP contribution < -0.4 is 20.7 Å². The Morgan fingerprint density at radius 2 is 1.69 bits per heavy atom. The number of methoxy groups -OCH3 is 1. The van der Waals surface area contributed by atoms with Gasteiger partial charge in [0.05, 0.1) is 24.0 Å². The maximum absolute atomic E-state index is 13.1. The molecule has 0 aliphatic carbocycles. The van der Waals surface area contributed by atoms with Gasteiger partial charge in [0.25, 0.3) is 0 Å². The molecule has 0 heterocycles. The van der Waals surface area contributed by atoms with Crippen LogP contribution in [0.3, 0.4) is 0 Å². The van der Waals surface area contributed by atoms with E-state index in [2.05, 4.69) is 5.32 Å². The minimum absolute atomic E-state index is 0.0191. The maximum atomic E-state index is 13.1. The van der Waals surface area contributed by atoms with Crippen molar-refractivity contribution in [3.05, 3.63) is 78.4 Å². The number of alkyl halides is 3. The molecule has 0 aliphatic rings. The summed E-state index contributed by atoms with van der Waals surface area (Å²) >= 11 is 0. The number of carbonyl (C=O) groups is 1. The van der Waals surface area contributed by atoms with Crippen molar-refractivity contribution in [3.8, 4) is 5.75 Å². The molecule has 0 aliphatic heterocycles. The number of para-hydroxylation sites is 1. The minimum atomic E-state index is -4.55. The Bertz CT molecular complexity index is 1010. The predicted octanol–water partition coefficient (Wildman–Crippen LogP) is 5.67. The van der Waals surface area contributed by atoms with Gasteiger partial charge >= 0.3 is 12.2 Å². The lowest BCUT2D eigenvalue weighted by molar-refractivity contribution is -0.137. The fraction of sp³-hybridized carbons (Fsp3) is 0.0952. The normalized spacial score (nSPS) is 11.0. The molecule has 0 atom stereocenters. The summed E-state index contributed by atoms with van der Waals surface area (Å²) in [5, 5.41) is 3.18. The molecule has 2 amide bonds. The van der Waals surface area contributed by atoms with Crippen LogP contribution in [0.15, 0.2) is 72.8 Å². The van der Waals surface area contributed by atoms with Gasteiger partial charge in [-0.25, -0.2) is 4.79 Å². The number of anilines is 4. The van der Waals surface area contributed by atoms with Crippen LogP contribution in [0.2, 0.25) is 0 Å². The Balaban J connectivity index is 2.01. The number of carbonyl (C=O) groups excluding carboxylic acids is 1. The molecule has 0 saturated carbocycles. The second-order valence-corrected chi connectivity index (χ2v) is 6.10. The third kappa shape index (κ3) is 4.60. The van der Waals surface area contributed by atoms with Crippen molar-refractivity contribution in [1.82, 2.24) is 0 Å². The summed E-state index contributed by atoms with van der Waals surface area (Å²) in [7, 11) is 1.40. The molecule has 0 bridgehead atoms. The van der Waals surface area contributed by atoms with E-state index in [0.717, 1.165) is 22.7 Å². The monoisotopic (exact) mass is 401 g/mol. The number of benzene rings is 3. The second-order valence-electron chi connectivity index (χ2n) is 6.10. The molecule has 3 aromatic rings. The first kappa shape index (κ1) is 20.1. The zero-order chi connectivity index (χ0) is 21.0. The predicted molar refractivity (Wildman–Crippen MR) is 106 cm³/mol. The summed E-state index contributed by atoms with van der Waals surface area (Å²) in [4.78, 5) is 13.1. The van der Waals surface area contributed by atoms with Crippen molar-refractivity contribution < 1.29 is 22.7 Å². The number of halogens is 3. The molecule has 0 saturated heterocycles. The number of amides is 2. The van der Waals surface area contributed by atoms with Gasteiger partial charge in [-0.05, 0) is 42.5 Å². The van der Waals surface area contributed by atoms with Gasteiger partial charge in [0.2, 0.25) is 0 Å². The standard InChI is InChI=1S/C21H18F3N3O2/c1-29-19-13-16(26-15-7-3-2-4-8-15)10-11-18(19)27(20(25)28)17-9-5-6-14(12-17)21(22,23)24/h2-13,26H,1H3,(H2,25,28). The van der Waals surface area contributed by atoms with E-state index in [1.807, 2.05) is 30.3 Å². The highest BCUT2D eigenvalue weighted by molar-refractivity contribution is 6.00. The van der Waals surface area contributed by atoms with Crippen LogP contribution in [0.25, 0.3) is 0 Å². The van der Waals surface area contributed by atoms with Crippen molar-refractivity contribution in [1.29, 1.82) is 0 Å². The molecule has 3 aromatic carbocycles. The zero-order valence-electron chi connectivity index (χ0n) is 15.4. The Kier molecular flexibility index (Phi) is 5.63. The molecule has 0 spiro atoms. The van der Waals surface area contributed by atoms with E-state index in [0.29, 0.717) is 5.69 Å². The quantitative estimate of drug-likeness (QED) is 0.578.